The summed E-state index contributed by atoms with van der Waals surface area (Å²) < 4.78 is 20.6. The molecule has 1 amide bonds. The summed E-state index contributed by atoms with van der Waals surface area (Å²) in [5, 5.41) is 14.4. The maximum Gasteiger partial charge on any atom is 0.306 e. The van der Waals surface area contributed by atoms with Crippen molar-refractivity contribution in [2.45, 2.75) is 66.5 Å². The van der Waals surface area contributed by atoms with E-state index in [-0.39, 0.29) is 47.5 Å². The number of aryl methyl sites for hydroxylation is 1. The smallest absolute Gasteiger partial charge is 0.306 e. The molecule has 3 heterocycles. The maximum atomic E-state index is 15.1. The van der Waals surface area contributed by atoms with Crippen LogP contribution in [0.15, 0.2) is 30.7 Å². The molecule has 0 unspecified atom stereocenters. The molecule has 38 heavy (non-hydrogen) atoms. The van der Waals surface area contributed by atoms with Gasteiger partial charge in [-0.1, -0.05) is 20.8 Å². The minimum atomic E-state index is -0.849. The average molecular weight is 527 g/mol. The Bertz CT molecular complexity index is 1290. The van der Waals surface area contributed by atoms with Crippen LogP contribution in [0, 0.1) is 24.6 Å². The molecule has 0 saturated carbocycles. The lowest BCUT2D eigenvalue weighted by Crippen LogP contribution is -2.36. The van der Waals surface area contributed by atoms with Gasteiger partial charge in [-0.15, -0.1) is 4.80 Å². The Balaban J connectivity index is 1.91. The number of nitrogens with zero attached hydrogens (tertiary/aromatic N) is 5. The van der Waals surface area contributed by atoms with Gasteiger partial charge in [0, 0.05) is 6.04 Å². The Labute approximate surface area is 221 Å². The molecule has 0 saturated heterocycles. The molecule has 0 radical (unpaired) electrons. The molecular formula is C26H35FN8O3. The number of anilines is 3. The van der Waals surface area contributed by atoms with Gasteiger partial charge in [0.25, 0.3) is 5.91 Å². The number of nitrogens with one attached hydrogen (secondary N) is 2. The molecule has 0 aliphatic heterocycles. The van der Waals surface area contributed by atoms with Crippen LogP contribution in [-0.2, 0) is 9.53 Å². The average Bonchev–Trinajstić information content (AvgIpc) is 3.33. The van der Waals surface area contributed by atoms with E-state index in [1.165, 1.54) is 4.80 Å². The SMILES string of the molecule is Cc1ncc(Nc2nc(N[C@H](C(C)C)[C@H](C)CC(=O)OC(C)(C)C)c(F)cc2C(N)=O)cc1-n1nccn1. The van der Waals surface area contributed by atoms with Crippen LogP contribution in [0.1, 0.15) is 64.0 Å². The van der Waals surface area contributed by atoms with Gasteiger partial charge in [0.05, 0.1) is 42.0 Å². The van der Waals surface area contributed by atoms with E-state index in [2.05, 4.69) is 30.8 Å². The quantitative estimate of drug-likeness (QED) is 0.331. The van der Waals surface area contributed by atoms with E-state index < -0.39 is 17.3 Å². The molecule has 204 valence electrons. The van der Waals surface area contributed by atoms with Crippen LogP contribution < -0.4 is 16.4 Å². The Morgan fingerprint density at radius 2 is 1.79 bits per heavy atom. The van der Waals surface area contributed by atoms with Crippen LogP contribution in [0.4, 0.5) is 21.7 Å². The molecule has 0 aromatic carbocycles. The van der Waals surface area contributed by atoms with Crippen LogP contribution in [0.5, 0.6) is 0 Å². The van der Waals surface area contributed by atoms with Gasteiger partial charge in [0.2, 0.25) is 0 Å². The number of carbonyl (C=O) groups is 2. The van der Waals surface area contributed by atoms with E-state index >= 15 is 4.39 Å². The predicted octanol–water partition coefficient (Wildman–Crippen LogP) is 4.15. The first-order chi connectivity index (χ1) is 17.7. The van der Waals surface area contributed by atoms with Crippen molar-refractivity contribution in [3.8, 4) is 5.69 Å². The summed E-state index contributed by atoms with van der Waals surface area (Å²) in [4.78, 5) is 34.7. The van der Waals surface area contributed by atoms with Crippen molar-refractivity contribution in [2.24, 2.45) is 17.6 Å². The van der Waals surface area contributed by atoms with Gasteiger partial charge in [-0.2, -0.15) is 10.2 Å². The van der Waals surface area contributed by atoms with E-state index in [4.69, 9.17) is 10.5 Å². The van der Waals surface area contributed by atoms with E-state index in [1.807, 2.05) is 20.8 Å². The number of amides is 1. The third-order valence-electron chi connectivity index (χ3n) is 5.74. The number of hydrogen-bond acceptors (Lipinski definition) is 9. The highest BCUT2D eigenvalue weighted by molar-refractivity contribution is 5.98. The van der Waals surface area contributed by atoms with E-state index in [0.717, 1.165) is 6.07 Å². The van der Waals surface area contributed by atoms with Crippen molar-refractivity contribution >= 4 is 29.2 Å². The zero-order valence-corrected chi connectivity index (χ0v) is 22.7. The summed E-state index contributed by atoms with van der Waals surface area (Å²) in [6, 6.07) is 2.44. The number of halogens is 1. The molecule has 0 aliphatic carbocycles. The minimum Gasteiger partial charge on any atom is -0.460 e. The summed E-state index contributed by atoms with van der Waals surface area (Å²) in [5.74, 6) is -2.15. The second-order valence-corrected chi connectivity index (χ2v) is 10.5. The molecule has 4 N–H and O–H groups in total. The first-order valence-corrected chi connectivity index (χ1v) is 12.3. The van der Waals surface area contributed by atoms with E-state index in [1.54, 1.807) is 52.4 Å². The van der Waals surface area contributed by atoms with Gasteiger partial charge in [0.1, 0.15) is 17.1 Å². The molecule has 12 heteroatoms. The molecule has 3 aromatic rings. The van der Waals surface area contributed by atoms with Gasteiger partial charge in [-0.25, -0.2) is 9.37 Å². The molecule has 0 spiro atoms. The zero-order valence-electron chi connectivity index (χ0n) is 22.7. The van der Waals surface area contributed by atoms with Gasteiger partial charge in [-0.3, -0.25) is 14.6 Å². The van der Waals surface area contributed by atoms with Crippen LogP contribution in [0.25, 0.3) is 5.69 Å². The third-order valence-corrected chi connectivity index (χ3v) is 5.74. The van der Waals surface area contributed by atoms with Crippen molar-refractivity contribution in [3.05, 3.63) is 47.8 Å². The maximum absolute atomic E-state index is 15.1. The van der Waals surface area contributed by atoms with E-state index in [0.29, 0.717) is 17.1 Å². The summed E-state index contributed by atoms with van der Waals surface area (Å²) in [6.07, 6.45) is 4.77. The second kappa shape index (κ2) is 11.5. The van der Waals surface area contributed by atoms with Crippen molar-refractivity contribution in [2.75, 3.05) is 10.6 Å². The Hall–Kier alpha value is -4.09. The molecule has 0 aliphatic rings. The standard InChI is InChI=1S/C26H35FN8O3/c1-14(2)22(15(3)10-21(36)38-26(5,6)7)33-25-19(27)12-18(23(28)37)24(34-25)32-17-11-20(16(4)29-13-17)35-30-8-9-31-35/h8-9,11-15,22H,10H2,1-7H3,(H2,28,37)(H2,32,33,34)/t15-,22-/m1/s1. The summed E-state index contributed by atoms with van der Waals surface area (Å²) >= 11 is 0. The Morgan fingerprint density at radius 3 is 2.37 bits per heavy atom. The number of primary amides is 1. The highest BCUT2D eigenvalue weighted by atomic mass is 19.1. The predicted molar refractivity (Wildman–Crippen MR) is 142 cm³/mol. The topological polar surface area (TPSA) is 150 Å². The number of pyridine rings is 2. The van der Waals surface area contributed by atoms with Gasteiger partial charge >= 0.3 is 5.97 Å². The van der Waals surface area contributed by atoms with Crippen LogP contribution in [0.2, 0.25) is 0 Å². The Kier molecular flexibility index (Phi) is 8.64. The molecule has 3 aromatic heterocycles. The Morgan fingerprint density at radius 1 is 1.13 bits per heavy atom. The largest absolute Gasteiger partial charge is 0.460 e. The van der Waals surface area contributed by atoms with Crippen molar-refractivity contribution in [3.63, 3.8) is 0 Å². The van der Waals surface area contributed by atoms with Crippen LogP contribution in [-0.4, -0.2) is 48.5 Å². The van der Waals surface area contributed by atoms with Crippen molar-refractivity contribution in [1.29, 1.82) is 0 Å². The van der Waals surface area contributed by atoms with Crippen LogP contribution in [0.3, 0.4) is 0 Å². The van der Waals surface area contributed by atoms with Crippen LogP contribution >= 0.6 is 0 Å². The minimum absolute atomic E-state index is 0.0197. The first kappa shape index (κ1) is 28.5. The number of hydrogen-bond donors (Lipinski definition) is 3. The van der Waals surface area contributed by atoms with Gasteiger partial charge in [-0.05, 0) is 51.7 Å². The lowest BCUT2D eigenvalue weighted by Gasteiger charge is -2.30. The number of nitrogens with two attached hydrogens (primary N) is 1. The number of carbonyl (C=O) groups excluding carboxylic acids is 2. The van der Waals surface area contributed by atoms with Gasteiger partial charge in [0.15, 0.2) is 11.6 Å². The second-order valence-electron chi connectivity index (χ2n) is 10.5. The molecule has 0 bridgehead atoms. The molecular weight excluding hydrogens is 491 g/mol. The third kappa shape index (κ3) is 7.24. The zero-order chi connectivity index (χ0) is 28.2. The number of esters is 1. The summed E-state index contributed by atoms with van der Waals surface area (Å²) in [7, 11) is 0. The first-order valence-electron chi connectivity index (χ1n) is 12.3. The van der Waals surface area contributed by atoms with Gasteiger partial charge < -0.3 is 21.1 Å². The fourth-order valence-corrected chi connectivity index (χ4v) is 4.04. The highest BCUT2D eigenvalue weighted by Crippen LogP contribution is 2.28. The molecule has 2 atom stereocenters. The summed E-state index contributed by atoms with van der Waals surface area (Å²) in [6.45, 7) is 13.0. The highest BCUT2D eigenvalue weighted by Gasteiger charge is 2.28. The number of ether oxygens (including phenoxy) is 1. The van der Waals surface area contributed by atoms with Crippen molar-refractivity contribution in [1.82, 2.24) is 25.0 Å². The normalized spacial score (nSPS) is 13.2. The van der Waals surface area contributed by atoms with E-state index in [9.17, 15) is 9.59 Å². The lowest BCUT2D eigenvalue weighted by molar-refractivity contribution is -0.156. The number of aromatic nitrogens is 5. The fourth-order valence-electron chi connectivity index (χ4n) is 4.04. The lowest BCUT2D eigenvalue weighted by atomic mass is 9.89. The number of rotatable bonds is 10. The monoisotopic (exact) mass is 526 g/mol. The summed E-state index contributed by atoms with van der Waals surface area (Å²) in [5.41, 5.74) is 6.54. The molecule has 11 nitrogen and oxygen atoms in total. The van der Waals surface area contributed by atoms with Crippen molar-refractivity contribution < 1.29 is 18.7 Å². The fraction of sp³-hybridized carbons (Fsp3) is 0.462. The molecule has 3 rings (SSSR count). The molecule has 0 fully saturated rings.